The van der Waals surface area contributed by atoms with Gasteiger partial charge in [-0.05, 0) is 50.2 Å². The zero-order valence-electron chi connectivity index (χ0n) is 12.1. The smallest absolute Gasteiger partial charge is 0.305 e. The van der Waals surface area contributed by atoms with Crippen LogP contribution >= 0.6 is 11.3 Å². The molecule has 2 aliphatic rings. The summed E-state index contributed by atoms with van der Waals surface area (Å²) in [5, 5.41) is 8.85. The molecule has 2 aliphatic carbocycles. The van der Waals surface area contributed by atoms with E-state index in [1.54, 1.807) is 16.2 Å². The van der Waals surface area contributed by atoms with E-state index < -0.39 is 5.97 Å². The lowest BCUT2D eigenvalue weighted by molar-refractivity contribution is -0.137. The first-order valence-corrected chi connectivity index (χ1v) is 8.61. The number of carboxylic acids is 1. The van der Waals surface area contributed by atoms with Gasteiger partial charge in [-0.15, -0.1) is 11.3 Å². The average molecular weight is 307 g/mol. The summed E-state index contributed by atoms with van der Waals surface area (Å²) in [6.07, 6.45) is 7.93. The maximum Gasteiger partial charge on any atom is 0.305 e. The summed E-state index contributed by atoms with van der Waals surface area (Å²) in [7, 11) is 0. The van der Waals surface area contributed by atoms with Crippen molar-refractivity contribution in [3.8, 4) is 0 Å². The minimum atomic E-state index is -0.838. The second-order valence-electron chi connectivity index (χ2n) is 5.99. The molecule has 3 rings (SSSR count). The fourth-order valence-electron chi connectivity index (χ4n) is 2.97. The molecular weight excluding hydrogens is 286 g/mol. The number of thiophene rings is 1. The first kappa shape index (κ1) is 14.6. The maximum atomic E-state index is 12.7. The molecule has 1 aromatic heterocycles. The Hall–Kier alpha value is -1.36. The van der Waals surface area contributed by atoms with E-state index in [1.807, 2.05) is 0 Å². The lowest BCUT2D eigenvalue weighted by Gasteiger charge is -2.20. The Bertz CT molecular complexity index is 524. The van der Waals surface area contributed by atoms with Gasteiger partial charge in [0.1, 0.15) is 0 Å². The highest BCUT2D eigenvalue weighted by molar-refractivity contribution is 7.14. The number of nitrogens with zero attached hydrogens (tertiary/aromatic N) is 1. The van der Waals surface area contributed by atoms with Crippen molar-refractivity contribution in [1.82, 2.24) is 4.90 Å². The van der Waals surface area contributed by atoms with Crippen LogP contribution < -0.4 is 0 Å². The summed E-state index contributed by atoms with van der Waals surface area (Å²) < 4.78 is 0. The van der Waals surface area contributed by atoms with Gasteiger partial charge < -0.3 is 10.0 Å². The molecule has 0 bridgehead atoms. The summed E-state index contributed by atoms with van der Waals surface area (Å²) in [5.41, 5.74) is 1.34. The minimum absolute atomic E-state index is 0.0350. The second kappa shape index (κ2) is 6.18. The Labute approximate surface area is 128 Å². The number of rotatable bonds is 5. The lowest BCUT2D eigenvalue weighted by Crippen LogP contribution is -2.34. The third kappa shape index (κ3) is 3.46. The molecule has 1 saturated carbocycles. The molecule has 1 fully saturated rings. The number of carbonyl (C=O) groups excluding carboxylic acids is 1. The Balaban J connectivity index is 1.74. The van der Waals surface area contributed by atoms with E-state index in [-0.39, 0.29) is 18.4 Å². The molecule has 0 spiro atoms. The molecule has 0 aliphatic heterocycles. The molecule has 0 atom stereocenters. The van der Waals surface area contributed by atoms with Crippen molar-refractivity contribution >= 4 is 23.2 Å². The number of hydrogen-bond acceptors (Lipinski definition) is 3. The number of carboxylic acid groups (broad SMARTS) is 1. The summed E-state index contributed by atoms with van der Waals surface area (Å²) in [5.74, 6) is -0.799. The molecule has 1 aromatic rings. The van der Waals surface area contributed by atoms with Crippen molar-refractivity contribution in [2.45, 2.75) is 57.4 Å². The summed E-state index contributed by atoms with van der Waals surface area (Å²) in [6.45, 7) is 0.335. The number of amides is 1. The van der Waals surface area contributed by atoms with Crippen LogP contribution in [0.25, 0.3) is 0 Å². The Morgan fingerprint density at radius 1 is 1.24 bits per heavy atom. The van der Waals surface area contributed by atoms with Crippen molar-refractivity contribution in [3.05, 3.63) is 21.4 Å². The number of fused-ring (bicyclic) bond motifs is 1. The van der Waals surface area contributed by atoms with Crippen molar-refractivity contribution in [3.63, 3.8) is 0 Å². The van der Waals surface area contributed by atoms with Crippen LogP contribution in [0, 0.1) is 0 Å². The quantitative estimate of drug-likeness (QED) is 0.850. The van der Waals surface area contributed by atoms with E-state index in [0.717, 1.165) is 30.6 Å². The van der Waals surface area contributed by atoms with Gasteiger partial charge in [-0.3, -0.25) is 9.59 Å². The third-order valence-electron chi connectivity index (χ3n) is 4.27. The van der Waals surface area contributed by atoms with E-state index in [4.69, 9.17) is 5.11 Å². The van der Waals surface area contributed by atoms with Crippen LogP contribution in [-0.4, -0.2) is 34.5 Å². The van der Waals surface area contributed by atoms with Crippen LogP contribution in [0.4, 0.5) is 0 Å². The standard InChI is InChI=1S/C16H21NO3S/c18-15(19)8-9-17(12-6-7-12)16(20)14-10-11-4-2-1-3-5-13(11)21-14/h10,12H,1-9H2,(H,18,19). The van der Waals surface area contributed by atoms with Crippen molar-refractivity contribution in [2.75, 3.05) is 6.54 Å². The Morgan fingerprint density at radius 3 is 2.71 bits per heavy atom. The molecule has 0 radical (unpaired) electrons. The predicted molar refractivity (Wildman–Crippen MR) is 81.9 cm³/mol. The number of aryl methyl sites for hydroxylation is 2. The van der Waals surface area contributed by atoms with Crippen LogP contribution in [0.5, 0.6) is 0 Å². The van der Waals surface area contributed by atoms with E-state index in [0.29, 0.717) is 6.54 Å². The fraction of sp³-hybridized carbons (Fsp3) is 0.625. The number of hydrogen-bond donors (Lipinski definition) is 1. The largest absolute Gasteiger partial charge is 0.481 e. The van der Waals surface area contributed by atoms with Gasteiger partial charge >= 0.3 is 5.97 Å². The average Bonchev–Trinajstić information content (AvgIpc) is 3.24. The molecule has 21 heavy (non-hydrogen) atoms. The zero-order valence-corrected chi connectivity index (χ0v) is 13.0. The van der Waals surface area contributed by atoms with E-state index in [1.165, 1.54) is 29.7 Å². The number of carbonyl (C=O) groups is 2. The topological polar surface area (TPSA) is 57.6 Å². The van der Waals surface area contributed by atoms with E-state index in [9.17, 15) is 9.59 Å². The van der Waals surface area contributed by atoms with Crippen molar-refractivity contribution in [1.29, 1.82) is 0 Å². The van der Waals surface area contributed by atoms with Crippen LogP contribution in [0.3, 0.4) is 0 Å². The summed E-state index contributed by atoms with van der Waals surface area (Å²) >= 11 is 1.63. The molecule has 1 amide bonds. The molecule has 4 nitrogen and oxygen atoms in total. The zero-order chi connectivity index (χ0) is 14.8. The lowest BCUT2D eigenvalue weighted by atomic mass is 10.1. The first-order chi connectivity index (χ1) is 10.1. The predicted octanol–water partition coefficient (Wildman–Crippen LogP) is 3.10. The molecule has 1 heterocycles. The first-order valence-electron chi connectivity index (χ1n) is 7.79. The summed E-state index contributed by atoms with van der Waals surface area (Å²) in [4.78, 5) is 27.4. The maximum absolute atomic E-state index is 12.7. The highest BCUT2D eigenvalue weighted by Gasteiger charge is 2.34. The third-order valence-corrected chi connectivity index (χ3v) is 5.50. The molecule has 114 valence electrons. The van der Waals surface area contributed by atoms with Crippen LogP contribution in [-0.2, 0) is 17.6 Å². The molecule has 0 unspecified atom stereocenters. The van der Waals surface area contributed by atoms with Gasteiger partial charge in [0.2, 0.25) is 0 Å². The monoisotopic (exact) mass is 307 g/mol. The molecule has 1 N–H and O–H groups in total. The fourth-order valence-corrected chi connectivity index (χ4v) is 4.18. The SMILES string of the molecule is O=C(O)CCN(C(=O)c1cc2c(s1)CCCCC2)C1CC1. The van der Waals surface area contributed by atoms with Gasteiger partial charge in [-0.25, -0.2) is 0 Å². The molecular formula is C16H21NO3S. The minimum Gasteiger partial charge on any atom is -0.481 e. The highest BCUT2D eigenvalue weighted by atomic mass is 32.1. The molecule has 0 saturated heterocycles. The van der Waals surface area contributed by atoms with E-state index >= 15 is 0 Å². The van der Waals surface area contributed by atoms with Crippen LogP contribution in [0.15, 0.2) is 6.07 Å². The van der Waals surface area contributed by atoms with Crippen molar-refractivity contribution in [2.24, 2.45) is 0 Å². The van der Waals surface area contributed by atoms with Gasteiger partial charge in [-0.2, -0.15) is 0 Å². The Morgan fingerprint density at radius 2 is 2.00 bits per heavy atom. The van der Waals surface area contributed by atoms with E-state index in [2.05, 4.69) is 6.07 Å². The molecule has 0 aromatic carbocycles. The highest BCUT2D eigenvalue weighted by Crippen LogP contribution is 2.33. The van der Waals surface area contributed by atoms with Crippen LogP contribution in [0.2, 0.25) is 0 Å². The second-order valence-corrected chi connectivity index (χ2v) is 7.13. The van der Waals surface area contributed by atoms with Gasteiger partial charge in [0.15, 0.2) is 0 Å². The molecule has 5 heteroatoms. The van der Waals surface area contributed by atoms with Gasteiger partial charge in [0.25, 0.3) is 5.91 Å². The van der Waals surface area contributed by atoms with Gasteiger partial charge in [-0.1, -0.05) is 6.42 Å². The van der Waals surface area contributed by atoms with Gasteiger partial charge in [0, 0.05) is 17.5 Å². The van der Waals surface area contributed by atoms with Crippen LogP contribution in [0.1, 0.15) is 58.6 Å². The van der Waals surface area contributed by atoms with Gasteiger partial charge in [0.05, 0.1) is 11.3 Å². The van der Waals surface area contributed by atoms with Crippen molar-refractivity contribution < 1.29 is 14.7 Å². The summed E-state index contributed by atoms with van der Waals surface area (Å²) in [6, 6.07) is 2.32. The normalized spacial score (nSPS) is 17.9. The Kier molecular flexibility index (Phi) is 4.29. The number of aliphatic carboxylic acids is 1.